The van der Waals surface area contributed by atoms with E-state index in [1.54, 1.807) is 30.3 Å². The van der Waals surface area contributed by atoms with Crippen molar-refractivity contribution in [3.8, 4) is 0 Å². The van der Waals surface area contributed by atoms with Crippen molar-refractivity contribution in [2.24, 2.45) is 0 Å². The zero-order chi connectivity index (χ0) is 13.0. The van der Waals surface area contributed by atoms with Crippen LogP contribution in [0.3, 0.4) is 0 Å². The highest BCUT2D eigenvalue weighted by Gasteiger charge is 2.30. The average molecular weight is 276 g/mol. The molecule has 0 aromatic heterocycles. The first-order valence-corrected chi connectivity index (χ1v) is 5.71. The van der Waals surface area contributed by atoms with E-state index in [4.69, 9.17) is 28.3 Å². The number of alkyl halides is 2. The summed E-state index contributed by atoms with van der Waals surface area (Å²) >= 11 is 11.0. The van der Waals surface area contributed by atoms with E-state index in [2.05, 4.69) is 0 Å². The van der Waals surface area contributed by atoms with Crippen LogP contribution in [0.5, 0.6) is 0 Å². The second-order valence-electron chi connectivity index (χ2n) is 3.36. The molecule has 0 saturated heterocycles. The van der Waals surface area contributed by atoms with Crippen molar-refractivity contribution in [3.63, 3.8) is 0 Å². The third-order valence-corrected chi connectivity index (χ3v) is 2.58. The van der Waals surface area contributed by atoms with Crippen LogP contribution in [0.4, 0.5) is 5.69 Å². The van der Waals surface area contributed by atoms with Crippen molar-refractivity contribution in [2.75, 3.05) is 4.90 Å². The van der Waals surface area contributed by atoms with E-state index >= 15 is 0 Å². The van der Waals surface area contributed by atoms with Gasteiger partial charge in [-0.3, -0.25) is 9.69 Å². The van der Waals surface area contributed by atoms with E-state index in [1.807, 2.05) is 0 Å². The molecule has 0 spiro atoms. The Hall–Kier alpha value is -1.26. The third kappa shape index (κ3) is 3.35. The zero-order valence-corrected chi connectivity index (χ0v) is 10.5. The topological polar surface area (TPSA) is 57.6 Å². The van der Waals surface area contributed by atoms with Crippen molar-refractivity contribution in [1.29, 1.82) is 0 Å². The Morgan fingerprint density at radius 2 is 1.76 bits per heavy atom. The zero-order valence-electron chi connectivity index (χ0n) is 9.01. The fourth-order valence-corrected chi connectivity index (χ4v) is 1.56. The molecule has 0 saturated carbocycles. The number of benzene rings is 1. The fraction of sp³-hybridized carbons (Fsp3) is 0.273. The van der Waals surface area contributed by atoms with Crippen LogP contribution in [-0.4, -0.2) is 27.9 Å². The number of anilines is 1. The Morgan fingerprint density at radius 3 is 2.18 bits per heavy atom. The van der Waals surface area contributed by atoms with Gasteiger partial charge in [0.05, 0.1) is 0 Å². The fourth-order valence-electron chi connectivity index (χ4n) is 1.35. The first-order valence-electron chi connectivity index (χ1n) is 4.84. The Balaban J connectivity index is 3.12. The van der Waals surface area contributed by atoms with Crippen LogP contribution in [0.25, 0.3) is 0 Å². The monoisotopic (exact) mass is 275 g/mol. The first kappa shape index (κ1) is 13.8. The Morgan fingerprint density at radius 1 is 1.24 bits per heavy atom. The molecule has 17 heavy (non-hydrogen) atoms. The molecule has 4 nitrogen and oxygen atoms in total. The van der Waals surface area contributed by atoms with Gasteiger partial charge in [-0.15, -0.1) is 0 Å². The predicted octanol–water partition coefficient (Wildman–Crippen LogP) is 2.30. The van der Waals surface area contributed by atoms with Crippen LogP contribution in [0.2, 0.25) is 0 Å². The Kier molecular flexibility index (Phi) is 4.78. The number of hydrogen-bond acceptors (Lipinski definition) is 2. The van der Waals surface area contributed by atoms with Gasteiger partial charge in [0.1, 0.15) is 6.04 Å². The van der Waals surface area contributed by atoms with Gasteiger partial charge >= 0.3 is 5.97 Å². The van der Waals surface area contributed by atoms with Crippen LogP contribution >= 0.6 is 23.2 Å². The number of para-hydroxylation sites is 1. The van der Waals surface area contributed by atoms with Gasteiger partial charge in [0, 0.05) is 5.69 Å². The molecule has 0 aliphatic rings. The number of carboxylic acids is 1. The second kappa shape index (κ2) is 5.89. The lowest BCUT2D eigenvalue weighted by molar-refractivity contribution is -0.139. The SMILES string of the molecule is CC(C(=O)O)N(C(=O)C(Cl)Cl)c1ccccc1. The molecule has 0 aliphatic carbocycles. The molecule has 0 fully saturated rings. The lowest BCUT2D eigenvalue weighted by Crippen LogP contribution is -2.45. The molecule has 1 amide bonds. The van der Waals surface area contributed by atoms with Crippen molar-refractivity contribution >= 4 is 40.8 Å². The molecule has 0 aliphatic heterocycles. The number of aliphatic carboxylic acids is 1. The molecule has 1 rings (SSSR count). The summed E-state index contributed by atoms with van der Waals surface area (Å²) in [5, 5.41) is 8.96. The number of carboxylic acid groups (broad SMARTS) is 1. The van der Waals surface area contributed by atoms with Gasteiger partial charge in [-0.05, 0) is 19.1 Å². The summed E-state index contributed by atoms with van der Waals surface area (Å²) in [5.41, 5.74) is 0.443. The number of nitrogens with zero attached hydrogens (tertiary/aromatic N) is 1. The summed E-state index contributed by atoms with van der Waals surface area (Å²) in [6, 6.07) is 7.35. The van der Waals surface area contributed by atoms with Gasteiger partial charge in [-0.2, -0.15) is 0 Å². The normalized spacial score (nSPS) is 12.2. The van der Waals surface area contributed by atoms with Gasteiger partial charge in [-0.25, -0.2) is 4.79 Å². The average Bonchev–Trinajstić information content (AvgIpc) is 2.30. The molecule has 6 heteroatoms. The molecule has 1 aromatic carbocycles. The van der Waals surface area contributed by atoms with Crippen LogP contribution < -0.4 is 4.90 Å². The van der Waals surface area contributed by atoms with Gasteiger partial charge in [0.2, 0.25) is 0 Å². The van der Waals surface area contributed by atoms with Crippen molar-refractivity contribution < 1.29 is 14.7 Å². The second-order valence-corrected chi connectivity index (χ2v) is 4.45. The number of halogens is 2. The van der Waals surface area contributed by atoms with Crippen molar-refractivity contribution in [2.45, 2.75) is 17.8 Å². The summed E-state index contributed by atoms with van der Waals surface area (Å²) in [4.78, 5) is 22.5. The molecular weight excluding hydrogens is 265 g/mol. The third-order valence-electron chi connectivity index (χ3n) is 2.20. The predicted molar refractivity (Wildman–Crippen MR) is 66.5 cm³/mol. The number of carbonyl (C=O) groups excluding carboxylic acids is 1. The van der Waals surface area contributed by atoms with Crippen LogP contribution in [0.15, 0.2) is 30.3 Å². The molecule has 1 atom stereocenters. The van der Waals surface area contributed by atoms with Gasteiger partial charge in [-0.1, -0.05) is 41.4 Å². The molecule has 1 unspecified atom stereocenters. The highest BCUT2D eigenvalue weighted by molar-refractivity contribution is 6.54. The smallest absolute Gasteiger partial charge is 0.326 e. The lowest BCUT2D eigenvalue weighted by Gasteiger charge is -2.27. The molecule has 92 valence electrons. The van der Waals surface area contributed by atoms with E-state index < -0.39 is 22.8 Å². The summed E-state index contributed by atoms with van der Waals surface area (Å²) in [6.07, 6.45) is 0. The molecule has 1 aromatic rings. The lowest BCUT2D eigenvalue weighted by atomic mass is 10.2. The minimum atomic E-state index is -1.29. The van der Waals surface area contributed by atoms with E-state index in [9.17, 15) is 9.59 Å². The minimum Gasteiger partial charge on any atom is -0.480 e. The number of amides is 1. The molecule has 0 heterocycles. The van der Waals surface area contributed by atoms with Crippen LogP contribution in [0, 0.1) is 0 Å². The maximum atomic E-state index is 11.8. The number of hydrogen-bond donors (Lipinski definition) is 1. The molecule has 0 radical (unpaired) electrons. The number of rotatable bonds is 4. The van der Waals surface area contributed by atoms with E-state index in [0.29, 0.717) is 5.69 Å². The summed E-state index contributed by atoms with van der Waals surface area (Å²) in [7, 11) is 0. The van der Waals surface area contributed by atoms with Gasteiger partial charge in [0.15, 0.2) is 4.84 Å². The highest BCUT2D eigenvalue weighted by Crippen LogP contribution is 2.20. The van der Waals surface area contributed by atoms with E-state index in [1.165, 1.54) is 6.92 Å². The van der Waals surface area contributed by atoms with Gasteiger partial charge in [0.25, 0.3) is 5.91 Å². The summed E-state index contributed by atoms with van der Waals surface area (Å²) in [5.74, 6) is -1.79. The highest BCUT2D eigenvalue weighted by atomic mass is 35.5. The van der Waals surface area contributed by atoms with Crippen molar-refractivity contribution in [1.82, 2.24) is 0 Å². The largest absolute Gasteiger partial charge is 0.480 e. The Bertz CT molecular complexity index is 408. The van der Waals surface area contributed by atoms with Crippen LogP contribution in [-0.2, 0) is 9.59 Å². The summed E-state index contributed by atoms with van der Waals surface area (Å²) < 4.78 is 0. The van der Waals surface area contributed by atoms with E-state index in [-0.39, 0.29) is 0 Å². The quantitative estimate of drug-likeness (QED) is 0.858. The summed E-state index contributed by atoms with van der Waals surface area (Å²) in [6.45, 7) is 1.39. The standard InChI is InChI=1S/C11H11Cl2NO3/c1-7(11(16)17)14(10(15)9(12)13)8-5-3-2-4-6-8/h2-7,9H,1H3,(H,16,17). The number of carbonyl (C=O) groups is 2. The van der Waals surface area contributed by atoms with Crippen molar-refractivity contribution in [3.05, 3.63) is 30.3 Å². The van der Waals surface area contributed by atoms with E-state index in [0.717, 1.165) is 4.90 Å². The minimum absolute atomic E-state index is 0.443. The molecular formula is C11H11Cl2NO3. The molecule has 0 bridgehead atoms. The molecule has 1 N–H and O–H groups in total. The van der Waals surface area contributed by atoms with Crippen LogP contribution in [0.1, 0.15) is 6.92 Å². The maximum Gasteiger partial charge on any atom is 0.326 e. The maximum absolute atomic E-state index is 11.8. The first-order chi connectivity index (χ1) is 7.95. The van der Waals surface area contributed by atoms with Gasteiger partial charge < -0.3 is 5.11 Å². The Labute approximate surface area is 109 Å².